The molecule has 1 aromatic heterocycles. The Kier molecular flexibility index (Phi) is 8.64. The van der Waals surface area contributed by atoms with Gasteiger partial charge in [-0.25, -0.2) is 14.6 Å². The molecule has 3 saturated heterocycles. The number of methoxy groups -OCH3 is 1. The minimum atomic E-state index is -0.528. The van der Waals surface area contributed by atoms with Crippen LogP contribution in [0.1, 0.15) is 44.0 Å². The maximum absolute atomic E-state index is 13.9. The first kappa shape index (κ1) is 27.7. The van der Waals surface area contributed by atoms with Gasteiger partial charge in [0.15, 0.2) is 0 Å². The number of hydrogen-bond donors (Lipinski definition) is 3. The zero-order valence-electron chi connectivity index (χ0n) is 22.9. The van der Waals surface area contributed by atoms with Gasteiger partial charge in [0.05, 0.1) is 13.2 Å². The average molecular weight is 558 g/mol. The molecule has 39 heavy (non-hydrogen) atoms. The minimum absolute atomic E-state index is 0.0956. The zero-order valence-corrected chi connectivity index (χ0v) is 23.6. The summed E-state index contributed by atoms with van der Waals surface area (Å²) in [4.78, 5) is 40.0. The van der Waals surface area contributed by atoms with Crippen LogP contribution in [0.2, 0.25) is 5.15 Å². The summed E-state index contributed by atoms with van der Waals surface area (Å²) in [6, 6.07) is 7.22. The summed E-state index contributed by atoms with van der Waals surface area (Å²) in [6.45, 7) is 5.13. The number of urea groups is 1. The fourth-order valence-corrected chi connectivity index (χ4v) is 6.57. The molecule has 3 aliphatic heterocycles. The van der Waals surface area contributed by atoms with E-state index in [-0.39, 0.29) is 12.1 Å². The number of imidazole rings is 1. The Morgan fingerprint density at radius 1 is 1.10 bits per heavy atom. The Morgan fingerprint density at radius 3 is 2.44 bits per heavy atom. The van der Waals surface area contributed by atoms with Crippen LogP contribution in [0.3, 0.4) is 0 Å². The van der Waals surface area contributed by atoms with E-state index in [4.69, 9.17) is 22.3 Å². The number of halogens is 1. The van der Waals surface area contributed by atoms with Crippen LogP contribution in [0.4, 0.5) is 15.3 Å². The summed E-state index contributed by atoms with van der Waals surface area (Å²) < 4.78 is 4.66. The topological polar surface area (TPSA) is 120 Å². The predicted octanol–water partition coefficient (Wildman–Crippen LogP) is 4.40. The number of nitrogens with zero attached hydrogens (tertiary/aromatic N) is 4. The van der Waals surface area contributed by atoms with Gasteiger partial charge in [-0.3, -0.25) is 5.32 Å². The number of amides is 3. The smallest absolute Gasteiger partial charge is 0.411 e. The van der Waals surface area contributed by atoms with Gasteiger partial charge in [0, 0.05) is 30.9 Å². The van der Waals surface area contributed by atoms with Crippen LogP contribution in [-0.4, -0.2) is 90.2 Å². The van der Waals surface area contributed by atoms with Crippen LogP contribution in [-0.2, 0) is 4.74 Å². The second-order valence-corrected chi connectivity index (χ2v) is 11.6. The number of ether oxygens (including phenoxy) is 1. The zero-order chi connectivity index (χ0) is 27.5. The largest absolute Gasteiger partial charge is 0.453 e. The van der Waals surface area contributed by atoms with E-state index in [0.29, 0.717) is 40.8 Å². The van der Waals surface area contributed by atoms with Gasteiger partial charge >= 0.3 is 12.1 Å². The van der Waals surface area contributed by atoms with Gasteiger partial charge in [0.2, 0.25) is 0 Å². The molecule has 0 radical (unpaired) electrons. The van der Waals surface area contributed by atoms with E-state index < -0.39 is 6.09 Å². The number of aromatic amines is 1. The highest BCUT2D eigenvalue weighted by atomic mass is 35.5. The fraction of sp³-hybridized carbons (Fsp3) is 0.607. The number of nitrogens with one attached hydrogen (secondary N) is 2. The number of hydrogen-bond acceptors (Lipinski definition) is 6. The molecule has 1 aromatic carbocycles. The summed E-state index contributed by atoms with van der Waals surface area (Å²) in [5.41, 5.74) is 7.96. The van der Waals surface area contributed by atoms with Crippen molar-refractivity contribution in [3.63, 3.8) is 0 Å². The summed E-state index contributed by atoms with van der Waals surface area (Å²) in [7, 11) is 3.50. The lowest BCUT2D eigenvalue weighted by Gasteiger charge is -2.36. The number of anilines is 1. The molecular weight excluding hydrogens is 518 g/mol. The monoisotopic (exact) mass is 557 g/mol. The molecule has 5 rings (SSSR count). The number of H-pyrrole nitrogens is 1. The molecule has 4 heterocycles. The van der Waals surface area contributed by atoms with Crippen LogP contribution >= 0.6 is 11.6 Å². The lowest BCUT2D eigenvalue weighted by molar-refractivity contribution is 0.124. The third-order valence-electron chi connectivity index (χ3n) is 8.81. The predicted molar refractivity (Wildman–Crippen MR) is 152 cm³/mol. The SMILES string of the molecule is COC(=O)Nc1ccc(-c2nc([C@@H]3CC(C4CCN(C)CC4)CN3C(=O)N3CCC(CN)CC3)[nH]c2Cl)cc1. The highest BCUT2D eigenvalue weighted by molar-refractivity contribution is 6.31. The first-order valence-electron chi connectivity index (χ1n) is 14.0. The van der Waals surface area contributed by atoms with E-state index in [0.717, 1.165) is 76.2 Å². The van der Waals surface area contributed by atoms with E-state index in [2.05, 4.69) is 27.0 Å². The van der Waals surface area contributed by atoms with Crippen LogP contribution in [0.5, 0.6) is 0 Å². The molecule has 0 bridgehead atoms. The average Bonchev–Trinajstić information content (AvgIpc) is 3.57. The number of nitrogens with two attached hydrogens (primary N) is 1. The molecule has 2 aromatic rings. The van der Waals surface area contributed by atoms with E-state index in [1.165, 1.54) is 7.11 Å². The second-order valence-electron chi connectivity index (χ2n) is 11.2. The molecular formula is C28H40ClN7O3. The Bertz CT molecular complexity index is 1140. The Labute approximate surface area is 235 Å². The molecule has 3 aliphatic rings. The van der Waals surface area contributed by atoms with Crippen LogP contribution in [0.25, 0.3) is 11.3 Å². The molecule has 0 saturated carbocycles. The van der Waals surface area contributed by atoms with Gasteiger partial charge in [-0.05, 0) is 88.7 Å². The highest BCUT2D eigenvalue weighted by Gasteiger charge is 2.43. The number of piperidine rings is 2. The lowest BCUT2D eigenvalue weighted by Crippen LogP contribution is -2.47. The van der Waals surface area contributed by atoms with Gasteiger partial charge < -0.3 is 30.2 Å². The maximum Gasteiger partial charge on any atom is 0.411 e. The molecule has 1 unspecified atom stereocenters. The van der Waals surface area contributed by atoms with E-state index >= 15 is 0 Å². The molecule has 212 valence electrons. The van der Waals surface area contributed by atoms with Gasteiger partial charge in [-0.2, -0.15) is 0 Å². The van der Waals surface area contributed by atoms with Gasteiger partial charge in [0.25, 0.3) is 0 Å². The third-order valence-corrected chi connectivity index (χ3v) is 9.08. The molecule has 10 nitrogen and oxygen atoms in total. The van der Waals surface area contributed by atoms with E-state index in [1.54, 1.807) is 12.1 Å². The van der Waals surface area contributed by atoms with Crippen molar-refractivity contribution in [3.8, 4) is 11.3 Å². The number of aromatic nitrogens is 2. The van der Waals surface area contributed by atoms with Crippen molar-refractivity contribution in [1.29, 1.82) is 0 Å². The number of benzene rings is 1. The quantitative estimate of drug-likeness (QED) is 0.501. The van der Waals surface area contributed by atoms with Crippen molar-refractivity contribution in [1.82, 2.24) is 24.7 Å². The van der Waals surface area contributed by atoms with Crippen molar-refractivity contribution >= 4 is 29.4 Å². The Balaban J connectivity index is 1.37. The minimum Gasteiger partial charge on any atom is -0.453 e. The van der Waals surface area contributed by atoms with E-state index in [9.17, 15) is 9.59 Å². The molecule has 0 aliphatic carbocycles. The van der Waals surface area contributed by atoms with Crippen LogP contribution < -0.4 is 11.1 Å². The summed E-state index contributed by atoms with van der Waals surface area (Å²) in [6.07, 6.45) is 4.58. The van der Waals surface area contributed by atoms with Crippen molar-refractivity contribution in [3.05, 3.63) is 35.2 Å². The van der Waals surface area contributed by atoms with Crippen molar-refractivity contribution in [2.45, 2.75) is 38.1 Å². The normalized spacial score (nSPS) is 23.3. The number of carbonyl (C=O) groups is 2. The summed E-state index contributed by atoms with van der Waals surface area (Å²) in [5, 5.41) is 3.09. The standard InChI is InChI=1S/C28H40ClN7O3/c1-34-11-9-19(10-12-34)21-15-23(36(17-21)28(38)35-13-7-18(16-30)8-14-35)26-32-24(25(29)33-26)20-3-5-22(6-4-20)31-27(37)39-2/h3-6,18-19,21,23H,7-17,30H2,1-2H3,(H,31,37)(H,32,33)/t21?,23-/m0/s1. The number of carbonyl (C=O) groups excluding carboxylic acids is 2. The van der Waals surface area contributed by atoms with Gasteiger partial charge in [-0.15, -0.1) is 0 Å². The summed E-state index contributed by atoms with van der Waals surface area (Å²) >= 11 is 6.67. The lowest BCUT2D eigenvalue weighted by atomic mass is 9.83. The molecule has 4 N–H and O–H groups in total. The van der Waals surface area contributed by atoms with E-state index in [1.807, 2.05) is 21.9 Å². The van der Waals surface area contributed by atoms with Gasteiger partial charge in [0.1, 0.15) is 16.7 Å². The van der Waals surface area contributed by atoms with Crippen LogP contribution in [0, 0.1) is 17.8 Å². The molecule has 2 atom stereocenters. The third kappa shape index (κ3) is 6.18. The van der Waals surface area contributed by atoms with Crippen molar-refractivity contribution < 1.29 is 14.3 Å². The number of rotatable bonds is 5. The Morgan fingerprint density at radius 2 is 1.79 bits per heavy atom. The second kappa shape index (κ2) is 12.1. The molecule has 3 amide bonds. The number of likely N-dealkylation sites (tertiary alicyclic amines) is 3. The molecule has 0 spiro atoms. The maximum atomic E-state index is 13.9. The van der Waals surface area contributed by atoms with Crippen LogP contribution in [0.15, 0.2) is 24.3 Å². The summed E-state index contributed by atoms with van der Waals surface area (Å²) in [5.74, 6) is 2.26. The Hall–Kier alpha value is -2.82. The first-order valence-corrected chi connectivity index (χ1v) is 14.4. The van der Waals surface area contributed by atoms with Crippen molar-refractivity contribution in [2.75, 3.05) is 58.7 Å². The molecule has 11 heteroatoms. The first-order chi connectivity index (χ1) is 18.9. The van der Waals surface area contributed by atoms with Gasteiger partial charge in [-0.1, -0.05) is 23.7 Å². The molecule has 3 fully saturated rings. The fourth-order valence-electron chi connectivity index (χ4n) is 6.32. The highest BCUT2D eigenvalue weighted by Crippen LogP contribution is 2.43. The van der Waals surface area contributed by atoms with Crippen molar-refractivity contribution in [2.24, 2.45) is 23.5 Å².